The predicted octanol–water partition coefficient (Wildman–Crippen LogP) is 1.32. The Kier molecular flexibility index (Phi) is 4.83. The normalized spacial score (nSPS) is 12.2. The van der Waals surface area contributed by atoms with E-state index in [2.05, 4.69) is 15.3 Å². The van der Waals surface area contributed by atoms with Crippen LogP contribution in [-0.4, -0.2) is 36.3 Å². The van der Waals surface area contributed by atoms with Gasteiger partial charge in [0.25, 0.3) is 0 Å². The van der Waals surface area contributed by atoms with Gasteiger partial charge in [-0.15, -0.1) is 0 Å². The van der Waals surface area contributed by atoms with Crippen LogP contribution in [0.15, 0.2) is 12.3 Å². The molecule has 0 saturated heterocycles. The van der Waals surface area contributed by atoms with Gasteiger partial charge in [-0.1, -0.05) is 0 Å². The van der Waals surface area contributed by atoms with Gasteiger partial charge in [0.2, 0.25) is 11.8 Å². The molecule has 5 nitrogen and oxygen atoms in total. The first-order valence-electron chi connectivity index (χ1n) is 4.98. The molecule has 15 heavy (non-hydrogen) atoms. The molecule has 1 N–H and O–H groups in total. The molecule has 0 spiro atoms. The Morgan fingerprint density at radius 2 is 2.33 bits per heavy atom. The summed E-state index contributed by atoms with van der Waals surface area (Å²) in [4.78, 5) is 8.18. The second-order valence-electron chi connectivity index (χ2n) is 3.07. The molecular formula is C10H17N3O2. The van der Waals surface area contributed by atoms with E-state index in [0.717, 1.165) is 0 Å². The molecule has 0 aliphatic heterocycles. The number of nitrogens with one attached hydrogen (secondary N) is 1. The highest BCUT2D eigenvalue weighted by molar-refractivity contribution is 5.27. The number of ether oxygens (including phenoxy) is 2. The topological polar surface area (TPSA) is 56.3 Å². The molecule has 0 amide bonds. The maximum atomic E-state index is 5.37. The first-order valence-corrected chi connectivity index (χ1v) is 4.98. The summed E-state index contributed by atoms with van der Waals surface area (Å²) in [6.45, 7) is 5.36. The summed E-state index contributed by atoms with van der Waals surface area (Å²) in [7, 11) is 1.58. The molecule has 0 aromatic carbocycles. The summed E-state index contributed by atoms with van der Waals surface area (Å²) in [6, 6.07) is 1.71. The minimum absolute atomic E-state index is 0.143. The highest BCUT2D eigenvalue weighted by Gasteiger charge is 2.02. The van der Waals surface area contributed by atoms with Crippen molar-refractivity contribution in [2.75, 3.05) is 25.6 Å². The SMILES string of the molecule is CCOC(C)CNc1nccc(OC)n1. The van der Waals surface area contributed by atoms with E-state index in [9.17, 15) is 0 Å². The molecule has 0 radical (unpaired) electrons. The molecule has 0 aliphatic rings. The number of methoxy groups -OCH3 is 1. The molecule has 0 fully saturated rings. The van der Waals surface area contributed by atoms with Crippen molar-refractivity contribution in [3.63, 3.8) is 0 Å². The Balaban J connectivity index is 2.43. The summed E-state index contributed by atoms with van der Waals surface area (Å²) < 4.78 is 10.4. The van der Waals surface area contributed by atoms with Crippen LogP contribution in [0, 0.1) is 0 Å². The summed E-state index contributed by atoms with van der Waals surface area (Å²) >= 11 is 0. The van der Waals surface area contributed by atoms with Crippen LogP contribution in [0.25, 0.3) is 0 Å². The van der Waals surface area contributed by atoms with Gasteiger partial charge in [-0.05, 0) is 13.8 Å². The largest absolute Gasteiger partial charge is 0.481 e. The van der Waals surface area contributed by atoms with Crippen LogP contribution in [0.4, 0.5) is 5.95 Å². The van der Waals surface area contributed by atoms with Crippen LogP contribution in [0.1, 0.15) is 13.8 Å². The first kappa shape index (κ1) is 11.7. The van der Waals surface area contributed by atoms with Crippen LogP contribution in [0.3, 0.4) is 0 Å². The van der Waals surface area contributed by atoms with E-state index in [4.69, 9.17) is 9.47 Å². The molecule has 1 aromatic rings. The van der Waals surface area contributed by atoms with Gasteiger partial charge < -0.3 is 14.8 Å². The van der Waals surface area contributed by atoms with Crippen molar-refractivity contribution >= 4 is 5.95 Å². The molecule has 1 unspecified atom stereocenters. The fraction of sp³-hybridized carbons (Fsp3) is 0.600. The Hall–Kier alpha value is -1.36. The number of aromatic nitrogens is 2. The Morgan fingerprint density at radius 3 is 3.00 bits per heavy atom. The quantitative estimate of drug-likeness (QED) is 0.769. The van der Waals surface area contributed by atoms with Gasteiger partial charge in [0.1, 0.15) is 0 Å². The second kappa shape index (κ2) is 6.19. The summed E-state index contributed by atoms with van der Waals surface area (Å²) in [5, 5.41) is 3.08. The van der Waals surface area contributed by atoms with Gasteiger partial charge in [-0.25, -0.2) is 4.98 Å². The van der Waals surface area contributed by atoms with Crippen LogP contribution in [0.2, 0.25) is 0 Å². The minimum atomic E-state index is 0.143. The predicted molar refractivity (Wildman–Crippen MR) is 58.2 cm³/mol. The third-order valence-corrected chi connectivity index (χ3v) is 1.84. The lowest BCUT2D eigenvalue weighted by molar-refractivity contribution is 0.0854. The molecule has 0 bridgehead atoms. The van der Waals surface area contributed by atoms with E-state index in [0.29, 0.717) is 25.0 Å². The van der Waals surface area contributed by atoms with Gasteiger partial charge in [-0.2, -0.15) is 4.98 Å². The number of hydrogen-bond donors (Lipinski definition) is 1. The number of anilines is 1. The van der Waals surface area contributed by atoms with Crippen molar-refractivity contribution in [1.29, 1.82) is 0 Å². The van der Waals surface area contributed by atoms with Crippen molar-refractivity contribution in [3.05, 3.63) is 12.3 Å². The maximum Gasteiger partial charge on any atom is 0.226 e. The van der Waals surface area contributed by atoms with E-state index in [-0.39, 0.29) is 6.10 Å². The summed E-state index contributed by atoms with van der Waals surface area (Å²) in [5.74, 6) is 1.11. The lowest BCUT2D eigenvalue weighted by Gasteiger charge is -2.12. The molecule has 1 aromatic heterocycles. The summed E-state index contributed by atoms with van der Waals surface area (Å²) in [6.07, 6.45) is 1.80. The van der Waals surface area contributed by atoms with Crippen LogP contribution < -0.4 is 10.1 Å². The van der Waals surface area contributed by atoms with Crippen molar-refractivity contribution in [2.24, 2.45) is 0 Å². The van der Waals surface area contributed by atoms with Gasteiger partial charge >= 0.3 is 0 Å². The van der Waals surface area contributed by atoms with Gasteiger partial charge in [-0.3, -0.25) is 0 Å². The van der Waals surface area contributed by atoms with Crippen molar-refractivity contribution in [1.82, 2.24) is 9.97 Å². The van der Waals surface area contributed by atoms with E-state index >= 15 is 0 Å². The zero-order valence-corrected chi connectivity index (χ0v) is 9.36. The number of hydrogen-bond acceptors (Lipinski definition) is 5. The Morgan fingerprint density at radius 1 is 1.53 bits per heavy atom. The van der Waals surface area contributed by atoms with Crippen LogP contribution in [0.5, 0.6) is 5.88 Å². The van der Waals surface area contributed by atoms with E-state index in [1.165, 1.54) is 0 Å². The fourth-order valence-corrected chi connectivity index (χ4v) is 1.12. The molecule has 5 heteroatoms. The van der Waals surface area contributed by atoms with Crippen LogP contribution >= 0.6 is 0 Å². The lowest BCUT2D eigenvalue weighted by Crippen LogP contribution is -2.20. The Labute approximate surface area is 89.8 Å². The van der Waals surface area contributed by atoms with Crippen molar-refractivity contribution < 1.29 is 9.47 Å². The zero-order valence-electron chi connectivity index (χ0n) is 9.36. The molecule has 1 rings (SSSR count). The first-order chi connectivity index (χ1) is 7.26. The molecule has 0 saturated carbocycles. The second-order valence-corrected chi connectivity index (χ2v) is 3.07. The van der Waals surface area contributed by atoms with Crippen LogP contribution in [-0.2, 0) is 4.74 Å². The standard InChI is InChI=1S/C10H17N3O2/c1-4-15-8(2)7-12-10-11-6-5-9(13-10)14-3/h5-6,8H,4,7H2,1-3H3,(H,11,12,13). The number of nitrogens with zero attached hydrogens (tertiary/aromatic N) is 2. The van der Waals surface area contributed by atoms with Gasteiger partial charge in [0.15, 0.2) is 0 Å². The van der Waals surface area contributed by atoms with E-state index in [1.807, 2.05) is 13.8 Å². The molecule has 0 aliphatic carbocycles. The third kappa shape index (κ3) is 4.12. The fourth-order valence-electron chi connectivity index (χ4n) is 1.12. The zero-order chi connectivity index (χ0) is 11.1. The summed E-state index contributed by atoms with van der Waals surface area (Å²) in [5.41, 5.74) is 0. The highest BCUT2D eigenvalue weighted by atomic mass is 16.5. The lowest BCUT2D eigenvalue weighted by atomic mass is 10.4. The highest BCUT2D eigenvalue weighted by Crippen LogP contribution is 2.07. The van der Waals surface area contributed by atoms with Gasteiger partial charge in [0.05, 0.1) is 13.2 Å². The Bertz CT molecular complexity index is 294. The van der Waals surface area contributed by atoms with E-state index in [1.54, 1.807) is 19.4 Å². The average Bonchev–Trinajstić information content (AvgIpc) is 2.27. The van der Waals surface area contributed by atoms with E-state index < -0.39 is 0 Å². The number of rotatable bonds is 6. The minimum Gasteiger partial charge on any atom is -0.481 e. The monoisotopic (exact) mass is 211 g/mol. The average molecular weight is 211 g/mol. The van der Waals surface area contributed by atoms with Crippen molar-refractivity contribution in [2.45, 2.75) is 20.0 Å². The smallest absolute Gasteiger partial charge is 0.226 e. The maximum absolute atomic E-state index is 5.37. The molecular weight excluding hydrogens is 194 g/mol. The van der Waals surface area contributed by atoms with Gasteiger partial charge in [0, 0.05) is 25.4 Å². The van der Waals surface area contributed by atoms with Crippen molar-refractivity contribution in [3.8, 4) is 5.88 Å². The molecule has 1 atom stereocenters. The molecule has 84 valence electrons. The third-order valence-electron chi connectivity index (χ3n) is 1.84. The molecule has 1 heterocycles.